The molecule has 3 heterocycles. The van der Waals surface area contributed by atoms with Crippen LogP contribution in [0.2, 0.25) is 0 Å². The van der Waals surface area contributed by atoms with Gasteiger partial charge in [0.25, 0.3) is 0 Å². The van der Waals surface area contributed by atoms with Crippen molar-refractivity contribution in [3.05, 3.63) is 58.4 Å². The second-order valence-corrected chi connectivity index (χ2v) is 7.56. The summed E-state index contributed by atoms with van der Waals surface area (Å²) in [4.78, 5) is 30.9. The van der Waals surface area contributed by atoms with Crippen LogP contribution in [0.3, 0.4) is 0 Å². The van der Waals surface area contributed by atoms with Crippen LogP contribution in [0.4, 0.5) is 0 Å². The number of hydrogen-bond donors (Lipinski definition) is 2. The largest absolute Gasteiger partial charge is 0.369 e. The highest BCUT2D eigenvalue weighted by Crippen LogP contribution is 2.19. The average molecular weight is 383 g/mol. The SMILES string of the molecule is O=C(NCCc1c[nH]c2ccccc12)[C@@H]1COCC(=O)N1Cc1cccs1. The predicted molar refractivity (Wildman–Crippen MR) is 104 cm³/mol. The molecule has 6 nitrogen and oxygen atoms in total. The molecule has 2 amide bonds. The fourth-order valence-electron chi connectivity index (χ4n) is 3.37. The van der Waals surface area contributed by atoms with E-state index in [9.17, 15) is 9.59 Å². The molecule has 0 aliphatic carbocycles. The first-order valence-electron chi connectivity index (χ1n) is 8.94. The second kappa shape index (κ2) is 7.94. The summed E-state index contributed by atoms with van der Waals surface area (Å²) in [5, 5.41) is 6.10. The Bertz CT molecular complexity index is 935. The number of para-hydroxylation sites is 1. The number of aromatic amines is 1. The predicted octanol–water partition coefficient (Wildman–Crippen LogP) is 2.32. The fraction of sp³-hybridized carbons (Fsp3) is 0.300. The first-order chi connectivity index (χ1) is 13.2. The number of carbonyl (C=O) groups is 2. The number of thiophene rings is 1. The molecule has 0 saturated carbocycles. The van der Waals surface area contributed by atoms with E-state index in [1.807, 2.05) is 41.9 Å². The number of ether oxygens (including phenoxy) is 1. The van der Waals surface area contributed by atoms with Gasteiger partial charge in [-0.05, 0) is 29.5 Å². The Hall–Kier alpha value is -2.64. The summed E-state index contributed by atoms with van der Waals surface area (Å²) in [6.07, 6.45) is 2.70. The van der Waals surface area contributed by atoms with Crippen molar-refractivity contribution < 1.29 is 14.3 Å². The third-order valence-electron chi connectivity index (χ3n) is 4.78. The van der Waals surface area contributed by atoms with Gasteiger partial charge in [0, 0.05) is 28.5 Å². The molecule has 2 aromatic heterocycles. The maximum Gasteiger partial charge on any atom is 0.249 e. The lowest BCUT2D eigenvalue weighted by Gasteiger charge is -2.34. The Labute approximate surface area is 161 Å². The Morgan fingerprint density at radius 2 is 2.19 bits per heavy atom. The van der Waals surface area contributed by atoms with Crippen LogP contribution >= 0.6 is 11.3 Å². The van der Waals surface area contributed by atoms with Crippen LogP contribution in [0.25, 0.3) is 10.9 Å². The monoisotopic (exact) mass is 383 g/mol. The molecule has 4 rings (SSSR count). The minimum atomic E-state index is -0.587. The van der Waals surface area contributed by atoms with Gasteiger partial charge in [-0.2, -0.15) is 0 Å². The van der Waals surface area contributed by atoms with E-state index in [0.29, 0.717) is 13.1 Å². The van der Waals surface area contributed by atoms with Gasteiger partial charge in [-0.25, -0.2) is 0 Å². The first kappa shape index (κ1) is 17.8. The van der Waals surface area contributed by atoms with Gasteiger partial charge in [0.2, 0.25) is 11.8 Å². The minimum Gasteiger partial charge on any atom is -0.369 e. The summed E-state index contributed by atoms with van der Waals surface area (Å²) in [5.41, 5.74) is 2.25. The van der Waals surface area contributed by atoms with E-state index in [1.54, 1.807) is 16.2 Å². The van der Waals surface area contributed by atoms with Crippen molar-refractivity contribution in [1.29, 1.82) is 0 Å². The summed E-state index contributed by atoms with van der Waals surface area (Å²) in [5.74, 6) is -0.314. The molecule has 1 aromatic carbocycles. The maximum absolute atomic E-state index is 12.7. The number of fused-ring (bicyclic) bond motifs is 1. The van der Waals surface area contributed by atoms with Crippen molar-refractivity contribution in [2.45, 2.75) is 19.0 Å². The highest BCUT2D eigenvalue weighted by molar-refractivity contribution is 7.09. The number of nitrogens with zero attached hydrogens (tertiary/aromatic N) is 1. The number of rotatable bonds is 6. The highest BCUT2D eigenvalue weighted by Gasteiger charge is 2.34. The summed E-state index contributed by atoms with van der Waals surface area (Å²) < 4.78 is 5.32. The minimum absolute atomic E-state index is 0.0322. The van der Waals surface area contributed by atoms with Crippen molar-refractivity contribution >= 4 is 34.1 Å². The second-order valence-electron chi connectivity index (χ2n) is 6.53. The zero-order valence-electron chi connectivity index (χ0n) is 14.8. The Morgan fingerprint density at radius 1 is 1.30 bits per heavy atom. The number of nitrogens with one attached hydrogen (secondary N) is 2. The van der Waals surface area contributed by atoms with E-state index >= 15 is 0 Å². The molecule has 0 bridgehead atoms. The van der Waals surface area contributed by atoms with Crippen LogP contribution in [0.1, 0.15) is 10.4 Å². The first-order valence-corrected chi connectivity index (χ1v) is 9.82. The molecule has 0 radical (unpaired) electrons. The third-order valence-corrected chi connectivity index (χ3v) is 5.64. The average Bonchev–Trinajstić information content (AvgIpc) is 3.33. The van der Waals surface area contributed by atoms with Gasteiger partial charge in [-0.15, -0.1) is 11.3 Å². The summed E-state index contributed by atoms with van der Waals surface area (Å²) in [7, 11) is 0. The molecule has 1 aliphatic rings. The third kappa shape index (κ3) is 3.89. The van der Waals surface area contributed by atoms with Crippen molar-refractivity contribution in [2.24, 2.45) is 0 Å². The van der Waals surface area contributed by atoms with Gasteiger partial charge in [0.1, 0.15) is 12.6 Å². The van der Waals surface area contributed by atoms with Gasteiger partial charge in [0.15, 0.2) is 0 Å². The van der Waals surface area contributed by atoms with Crippen LogP contribution in [0, 0.1) is 0 Å². The number of hydrogen-bond acceptors (Lipinski definition) is 4. The highest BCUT2D eigenvalue weighted by atomic mass is 32.1. The standard InChI is InChI=1S/C20H21N3O3S/c24-19-13-26-12-18(23(19)11-15-4-3-9-27-15)20(25)21-8-7-14-10-22-17-6-2-1-5-16(14)17/h1-6,9-10,18,22H,7-8,11-13H2,(H,21,25)/t18-/m0/s1. The number of carbonyl (C=O) groups excluding carboxylic acids is 2. The molecule has 0 unspecified atom stereocenters. The van der Waals surface area contributed by atoms with Crippen molar-refractivity contribution in [2.75, 3.05) is 19.8 Å². The van der Waals surface area contributed by atoms with E-state index < -0.39 is 6.04 Å². The number of H-pyrrole nitrogens is 1. The van der Waals surface area contributed by atoms with Crippen LogP contribution in [0.5, 0.6) is 0 Å². The molecule has 0 spiro atoms. The molecule has 7 heteroatoms. The molecule has 1 atom stereocenters. The normalized spacial score (nSPS) is 17.4. The van der Waals surface area contributed by atoms with Gasteiger partial charge in [-0.3, -0.25) is 9.59 Å². The summed E-state index contributed by atoms with van der Waals surface area (Å²) in [6.45, 7) is 1.22. The summed E-state index contributed by atoms with van der Waals surface area (Å²) >= 11 is 1.58. The molecule has 27 heavy (non-hydrogen) atoms. The molecule has 1 saturated heterocycles. The number of morpholine rings is 1. The maximum atomic E-state index is 12.7. The van der Waals surface area contributed by atoms with E-state index in [-0.39, 0.29) is 25.0 Å². The number of benzene rings is 1. The van der Waals surface area contributed by atoms with E-state index in [0.717, 1.165) is 22.4 Å². The quantitative estimate of drug-likeness (QED) is 0.686. The topological polar surface area (TPSA) is 74.4 Å². The van der Waals surface area contributed by atoms with Crippen molar-refractivity contribution in [3.63, 3.8) is 0 Å². The van der Waals surface area contributed by atoms with Gasteiger partial charge < -0.3 is 19.9 Å². The van der Waals surface area contributed by atoms with Gasteiger partial charge in [-0.1, -0.05) is 24.3 Å². The van der Waals surface area contributed by atoms with Crippen molar-refractivity contribution in [1.82, 2.24) is 15.2 Å². The smallest absolute Gasteiger partial charge is 0.249 e. The lowest BCUT2D eigenvalue weighted by molar-refractivity contribution is -0.155. The molecular weight excluding hydrogens is 362 g/mol. The molecule has 140 valence electrons. The van der Waals surface area contributed by atoms with Crippen LogP contribution in [-0.4, -0.2) is 47.5 Å². The molecule has 3 aromatic rings. The number of aromatic nitrogens is 1. The molecule has 1 fully saturated rings. The van der Waals surface area contributed by atoms with Crippen LogP contribution in [0.15, 0.2) is 48.0 Å². The molecule has 1 aliphatic heterocycles. The molecular formula is C20H21N3O3S. The van der Waals surface area contributed by atoms with E-state index in [4.69, 9.17) is 4.74 Å². The lowest BCUT2D eigenvalue weighted by atomic mass is 10.1. The summed E-state index contributed by atoms with van der Waals surface area (Å²) in [6, 6.07) is 11.4. The zero-order valence-corrected chi connectivity index (χ0v) is 15.6. The van der Waals surface area contributed by atoms with E-state index in [1.165, 1.54) is 5.39 Å². The van der Waals surface area contributed by atoms with E-state index in [2.05, 4.69) is 16.4 Å². The number of amides is 2. The Morgan fingerprint density at radius 3 is 3.04 bits per heavy atom. The van der Waals surface area contributed by atoms with Crippen molar-refractivity contribution in [3.8, 4) is 0 Å². The van der Waals surface area contributed by atoms with Crippen LogP contribution < -0.4 is 5.32 Å². The zero-order chi connectivity index (χ0) is 18.6. The lowest BCUT2D eigenvalue weighted by Crippen LogP contribution is -2.56. The Kier molecular flexibility index (Phi) is 5.22. The Balaban J connectivity index is 1.38. The van der Waals surface area contributed by atoms with Crippen LogP contribution in [-0.2, 0) is 27.3 Å². The fourth-order valence-corrected chi connectivity index (χ4v) is 4.07. The van der Waals surface area contributed by atoms with Gasteiger partial charge in [0.05, 0.1) is 13.2 Å². The van der Waals surface area contributed by atoms with Gasteiger partial charge >= 0.3 is 0 Å². The molecule has 2 N–H and O–H groups in total.